The Balaban J connectivity index is 2.38. The summed E-state index contributed by atoms with van der Waals surface area (Å²) in [7, 11) is 0. The normalized spacial score (nSPS) is 16.6. The van der Waals surface area contributed by atoms with E-state index >= 15 is 0 Å². The number of carbonyl (C=O) groups excluding carboxylic acids is 1. The highest BCUT2D eigenvalue weighted by atomic mass is 16.3. The molecule has 1 fully saturated rings. The maximum Gasteiger partial charge on any atom is 0.222 e. The number of hydrogen-bond donors (Lipinski definition) is 1. The van der Waals surface area contributed by atoms with E-state index in [0.717, 1.165) is 32.1 Å². The quantitative estimate of drug-likeness (QED) is 0.678. The average Bonchev–Trinajstić information content (AvgIpc) is 2.79. The first-order valence-corrected chi connectivity index (χ1v) is 6.70. The third-order valence-electron chi connectivity index (χ3n) is 3.42. The van der Waals surface area contributed by atoms with Crippen molar-refractivity contribution in [1.82, 2.24) is 4.90 Å². The third kappa shape index (κ3) is 4.12. The minimum Gasteiger partial charge on any atom is -0.395 e. The fraction of sp³-hybridized carbons (Fsp3) is 0.923. The molecule has 94 valence electrons. The zero-order chi connectivity index (χ0) is 11.8. The molecule has 1 amide bonds. The van der Waals surface area contributed by atoms with Gasteiger partial charge in [-0.1, -0.05) is 32.6 Å². The predicted molar refractivity (Wildman–Crippen MR) is 65.2 cm³/mol. The van der Waals surface area contributed by atoms with Crippen molar-refractivity contribution < 1.29 is 9.90 Å². The van der Waals surface area contributed by atoms with Gasteiger partial charge in [-0.05, 0) is 19.3 Å². The molecule has 1 aliphatic carbocycles. The average molecular weight is 227 g/mol. The van der Waals surface area contributed by atoms with Gasteiger partial charge in [0.05, 0.1) is 6.61 Å². The summed E-state index contributed by atoms with van der Waals surface area (Å²) in [6.45, 7) is 2.76. The van der Waals surface area contributed by atoms with Gasteiger partial charge in [-0.2, -0.15) is 0 Å². The van der Waals surface area contributed by atoms with E-state index in [1.807, 2.05) is 4.90 Å². The summed E-state index contributed by atoms with van der Waals surface area (Å²) in [6, 6.07) is 0.404. The number of unbranched alkanes of at least 4 members (excludes halogenated alkanes) is 2. The Bertz CT molecular complexity index is 200. The molecule has 0 unspecified atom stereocenters. The van der Waals surface area contributed by atoms with Crippen LogP contribution in [0.15, 0.2) is 0 Å². The van der Waals surface area contributed by atoms with Crippen LogP contribution in [0.25, 0.3) is 0 Å². The molecule has 1 saturated carbocycles. The zero-order valence-electron chi connectivity index (χ0n) is 10.5. The van der Waals surface area contributed by atoms with E-state index in [2.05, 4.69) is 6.92 Å². The Morgan fingerprint density at radius 3 is 2.56 bits per heavy atom. The van der Waals surface area contributed by atoms with E-state index in [4.69, 9.17) is 5.11 Å². The lowest BCUT2D eigenvalue weighted by Crippen LogP contribution is -2.40. The van der Waals surface area contributed by atoms with E-state index in [0.29, 0.717) is 19.0 Å². The summed E-state index contributed by atoms with van der Waals surface area (Å²) in [4.78, 5) is 13.9. The van der Waals surface area contributed by atoms with Crippen molar-refractivity contribution in [3.63, 3.8) is 0 Å². The maximum absolute atomic E-state index is 12.0. The van der Waals surface area contributed by atoms with Gasteiger partial charge in [0.1, 0.15) is 0 Å². The van der Waals surface area contributed by atoms with E-state index in [1.54, 1.807) is 0 Å². The Morgan fingerprint density at radius 2 is 2.00 bits per heavy atom. The Hall–Kier alpha value is -0.570. The van der Waals surface area contributed by atoms with E-state index in [-0.39, 0.29) is 12.5 Å². The van der Waals surface area contributed by atoms with E-state index in [9.17, 15) is 4.79 Å². The molecular formula is C13H25NO2. The lowest BCUT2D eigenvalue weighted by atomic mass is 10.1. The molecule has 0 aromatic rings. The van der Waals surface area contributed by atoms with Crippen LogP contribution in [0.1, 0.15) is 58.3 Å². The number of hydrogen-bond acceptors (Lipinski definition) is 2. The molecule has 16 heavy (non-hydrogen) atoms. The number of aliphatic hydroxyl groups excluding tert-OH is 1. The van der Waals surface area contributed by atoms with Crippen LogP contribution >= 0.6 is 0 Å². The van der Waals surface area contributed by atoms with E-state index < -0.39 is 0 Å². The Kier molecular flexibility index (Phi) is 6.46. The van der Waals surface area contributed by atoms with Gasteiger partial charge in [-0.15, -0.1) is 0 Å². The van der Waals surface area contributed by atoms with Gasteiger partial charge < -0.3 is 10.0 Å². The van der Waals surface area contributed by atoms with Crippen LogP contribution < -0.4 is 0 Å². The first-order valence-electron chi connectivity index (χ1n) is 6.70. The van der Waals surface area contributed by atoms with Crippen molar-refractivity contribution >= 4 is 5.91 Å². The van der Waals surface area contributed by atoms with Crippen molar-refractivity contribution in [2.45, 2.75) is 64.3 Å². The second-order valence-corrected chi connectivity index (χ2v) is 4.71. The number of amides is 1. The largest absolute Gasteiger partial charge is 0.395 e. The van der Waals surface area contributed by atoms with Gasteiger partial charge in [-0.3, -0.25) is 4.79 Å². The molecule has 0 radical (unpaired) electrons. The van der Waals surface area contributed by atoms with Gasteiger partial charge in [0.15, 0.2) is 0 Å². The number of carbonyl (C=O) groups is 1. The highest BCUT2D eigenvalue weighted by Crippen LogP contribution is 2.24. The summed E-state index contributed by atoms with van der Waals surface area (Å²) in [5.41, 5.74) is 0. The van der Waals surface area contributed by atoms with Crippen molar-refractivity contribution in [2.75, 3.05) is 13.2 Å². The molecule has 1 aliphatic rings. The first-order chi connectivity index (χ1) is 7.79. The van der Waals surface area contributed by atoms with Crippen molar-refractivity contribution in [3.8, 4) is 0 Å². The Morgan fingerprint density at radius 1 is 1.31 bits per heavy atom. The highest BCUT2D eigenvalue weighted by Gasteiger charge is 2.25. The minimum atomic E-state index is 0.0933. The lowest BCUT2D eigenvalue weighted by Gasteiger charge is -2.28. The van der Waals surface area contributed by atoms with Gasteiger partial charge in [0, 0.05) is 19.0 Å². The summed E-state index contributed by atoms with van der Waals surface area (Å²) < 4.78 is 0. The van der Waals surface area contributed by atoms with Gasteiger partial charge in [0.25, 0.3) is 0 Å². The molecule has 0 spiro atoms. The minimum absolute atomic E-state index is 0.0933. The van der Waals surface area contributed by atoms with Crippen molar-refractivity contribution in [2.24, 2.45) is 0 Å². The highest BCUT2D eigenvalue weighted by molar-refractivity contribution is 5.76. The van der Waals surface area contributed by atoms with Crippen LogP contribution in [-0.4, -0.2) is 35.1 Å². The fourth-order valence-corrected chi connectivity index (χ4v) is 2.50. The molecule has 0 heterocycles. The molecule has 0 aliphatic heterocycles. The maximum atomic E-state index is 12.0. The molecule has 0 aromatic heterocycles. The number of nitrogens with zero attached hydrogens (tertiary/aromatic N) is 1. The zero-order valence-corrected chi connectivity index (χ0v) is 10.5. The standard InChI is InChI=1S/C13H25NO2/c1-2-3-4-9-13(16)14(10-11-15)12-7-5-6-8-12/h12,15H,2-11H2,1H3. The van der Waals surface area contributed by atoms with Crippen LogP contribution in [0.4, 0.5) is 0 Å². The number of rotatable bonds is 7. The molecule has 0 bridgehead atoms. The van der Waals surface area contributed by atoms with Crippen LogP contribution in [-0.2, 0) is 4.79 Å². The second-order valence-electron chi connectivity index (χ2n) is 4.71. The van der Waals surface area contributed by atoms with Crippen LogP contribution in [0.2, 0.25) is 0 Å². The van der Waals surface area contributed by atoms with Crippen LogP contribution in [0.3, 0.4) is 0 Å². The van der Waals surface area contributed by atoms with Crippen molar-refractivity contribution in [1.29, 1.82) is 0 Å². The molecule has 3 heteroatoms. The van der Waals surface area contributed by atoms with Gasteiger partial charge in [-0.25, -0.2) is 0 Å². The van der Waals surface area contributed by atoms with Gasteiger partial charge in [0.2, 0.25) is 5.91 Å². The monoisotopic (exact) mass is 227 g/mol. The SMILES string of the molecule is CCCCCC(=O)N(CCO)C1CCCC1. The molecule has 1 N–H and O–H groups in total. The molecular weight excluding hydrogens is 202 g/mol. The summed E-state index contributed by atoms with van der Waals surface area (Å²) >= 11 is 0. The second kappa shape index (κ2) is 7.66. The fourth-order valence-electron chi connectivity index (χ4n) is 2.50. The first kappa shape index (κ1) is 13.5. The van der Waals surface area contributed by atoms with Gasteiger partial charge >= 0.3 is 0 Å². The summed E-state index contributed by atoms with van der Waals surface area (Å²) in [5, 5.41) is 9.02. The molecule has 3 nitrogen and oxygen atoms in total. The molecule has 0 saturated heterocycles. The Labute approximate surface area is 98.8 Å². The summed E-state index contributed by atoms with van der Waals surface area (Å²) in [5.74, 6) is 0.245. The summed E-state index contributed by atoms with van der Waals surface area (Å²) in [6.07, 6.45) is 8.64. The molecule has 1 rings (SSSR count). The number of aliphatic hydroxyl groups is 1. The van der Waals surface area contributed by atoms with Crippen molar-refractivity contribution in [3.05, 3.63) is 0 Å². The topological polar surface area (TPSA) is 40.5 Å². The molecule has 0 aromatic carbocycles. The lowest BCUT2D eigenvalue weighted by molar-refractivity contribution is -0.134. The van der Waals surface area contributed by atoms with E-state index in [1.165, 1.54) is 12.8 Å². The van der Waals surface area contributed by atoms with Crippen LogP contribution in [0, 0.1) is 0 Å². The predicted octanol–water partition coefficient (Wildman–Crippen LogP) is 2.33. The smallest absolute Gasteiger partial charge is 0.222 e. The molecule has 0 atom stereocenters. The van der Waals surface area contributed by atoms with Crippen LogP contribution in [0.5, 0.6) is 0 Å². The third-order valence-corrected chi connectivity index (χ3v) is 3.42.